The fourth-order valence-corrected chi connectivity index (χ4v) is 2.72. The number of aromatic nitrogens is 1. The Balaban J connectivity index is 1.94. The summed E-state index contributed by atoms with van der Waals surface area (Å²) >= 11 is 1.65. The maximum Gasteiger partial charge on any atom is 0.191 e. The van der Waals surface area contributed by atoms with Crippen LogP contribution >= 0.6 is 11.3 Å². The van der Waals surface area contributed by atoms with Crippen molar-refractivity contribution in [2.24, 2.45) is 4.99 Å². The average molecular weight is 331 g/mol. The number of benzene rings is 1. The van der Waals surface area contributed by atoms with Crippen molar-refractivity contribution < 1.29 is 0 Å². The Labute approximate surface area is 142 Å². The lowest BCUT2D eigenvalue weighted by atomic mass is 10.1. The monoisotopic (exact) mass is 331 g/mol. The minimum atomic E-state index is 0.662. The van der Waals surface area contributed by atoms with E-state index in [4.69, 9.17) is 0 Å². The molecule has 0 saturated heterocycles. The lowest BCUT2D eigenvalue weighted by Crippen LogP contribution is -2.36. The largest absolute Gasteiger partial charge is 0.357 e. The highest BCUT2D eigenvalue weighted by molar-refractivity contribution is 7.13. The number of thiazole rings is 1. The molecule has 6 heteroatoms. The summed E-state index contributed by atoms with van der Waals surface area (Å²) in [5, 5.41) is 9.70. The fourth-order valence-electron chi connectivity index (χ4n) is 1.96. The SMILES string of the molecule is CCNC(=NCc1ccc(C)cc1)NCc1csc(N(C)C)n1. The molecule has 0 amide bonds. The van der Waals surface area contributed by atoms with Crippen LogP contribution < -0.4 is 15.5 Å². The highest BCUT2D eigenvalue weighted by Gasteiger charge is 2.04. The Morgan fingerprint density at radius 3 is 2.57 bits per heavy atom. The van der Waals surface area contributed by atoms with Gasteiger partial charge in [-0.25, -0.2) is 9.98 Å². The minimum absolute atomic E-state index is 0.662. The predicted molar refractivity (Wildman–Crippen MR) is 99.3 cm³/mol. The summed E-state index contributed by atoms with van der Waals surface area (Å²) in [6.07, 6.45) is 0. The normalized spacial score (nSPS) is 11.4. The molecule has 1 heterocycles. The number of aliphatic imine (C=N–C) groups is 1. The van der Waals surface area contributed by atoms with Gasteiger partial charge >= 0.3 is 0 Å². The third-order valence-electron chi connectivity index (χ3n) is 3.24. The van der Waals surface area contributed by atoms with E-state index in [0.717, 1.165) is 23.3 Å². The summed E-state index contributed by atoms with van der Waals surface area (Å²) in [4.78, 5) is 11.2. The number of guanidine groups is 1. The first-order valence-corrected chi connectivity index (χ1v) is 8.66. The molecule has 0 aliphatic rings. The van der Waals surface area contributed by atoms with Crippen molar-refractivity contribution in [3.8, 4) is 0 Å². The third kappa shape index (κ3) is 5.56. The quantitative estimate of drug-likeness (QED) is 0.631. The summed E-state index contributed by atoms with van der Waals surface area (Å²) in [6, 6.07) is 8.46. The van der Waals surface area contributed by atoms with Gasteiger partial charge in [0.1, 0.15) is 0 Å². The van der Waals surface area contributed by atoms with E-state index in [9.17, 15) is 0 Å². The van der Waals surface area contributed by atoms with E-state index in [2.05, 4.69) is 64.1 Å². The van der Waals surface area contributed by atoms with E-state index in [1.807, 2.05) is 19.0 Å². The maximum atomic E-state index is 4.63. The second-order valence-corrected chi connectivity index (χ2v) is 6.39. The summed E-state index contributed by atoms with van der Waals surface area (Å²) in [6.45, 7) is 6.32. The molecule has 0 aliphatic heterocycles. The van der Waals surface area contributed by atoms with Crippen LogP contribution in [-0.4, -0.2) is 31.6 Å². The van der Waals surface area contributed by atoms with Crippen LogP contribution in [0.1, 0.15) is 23.7 Å². The van der Waals surface area contributed by atoms with Crippen molar-refractivity contribution in [2.75, 3.05) is 25.5 Å². The number of nitrogens with one attached hydrogen (secondary N) is 2. The highest BCUT2D eigenvalue weighted by Crippen LogP contribution is 2.17. The molecule has 0 atom stereocenters. The molecule has 23 heavy (non-hydrogen) atoms. The van der Waals surface area contributed by atoms with Gasteiger partial charge in [0.05, 0.1) is 18.8 Å². The van der Waals surface area contributed by atoms with Crippen LogP contribution in [0.4, 0.5) is 5.13 Å². The molecule has 0 aliphatic carbocycles. The Bertz CT molecular complexity index is 631. The van der Waals surface area contributed by atoms with Crippen molar-refractivity contribution in [3.63, 3.8) is 0 Å². The lowest BCUT2D eigenvalue weighted by Gasteiger charge is -2.10. The van der Waals surface area contributed by atoms with E-state index >= 15 is 0 Å². The second-order valence-electron chi connectivity index (χ2n) is 5.55. The smallest absolute Gasteiger partial charge is 0.191 e. The molecule has 2 rings (SSSR count). The summed E-state index contributed by atoms with van der Waals surface area (Å²) in [5.74, 6) is 0.812. The number of nitrogens with zero attached hydrogens (tertiary/aromatic N) is 3. The molecule has 124 valence electrons. The van der Waals surface area contributed by atoms with Gasteiger partial charge < -0.3 is 15.5 Å². The van der Waals surface area contributed by atoms with Gasteiger partial charge in [-0.1, -0.05) is 29.8 Å². The fraction of sp³-hybridized carbons (Fsp3) is 0.412. The molecule has 2 N–H and O–H groups in total. The molecule has 0 saturated carbocycles. The van der Waals surface area contributed by atoms with E-state index in [-0.39, 0.29) is 0 Å². The van der Waals surface area contributed by atoms with Crippen molar-refractivity contribution in [1.82, 2.24) is 15.6 Å². The first kappa shape index (κ1) is 17.3. The Kier molecular flexibility index (Phi) is 6.40. The average Bonchev–Trinajstić information content (AvgIpc) is 3.01. The molecule has 0 radical (unpaired) electrons. The van der Waals surface area contributed by atoms with Crippen molar-refractivity contribution >= 4 is 22.4 Å². The molecule has 1 aromatic carbocycles. The first-order valence-electron chi connectivity index (χ1n) is 7.78. The minimum Gasteiger partial charge on any atom is -0.357 e. The molecule has 0 unspecified atom stereocenters. The zero-order valence-electron chi connectivity index (χ0n) is 14.3. The van der Waals surface area contributed by atoms with Crippen molar-refractivity contribution in [2.45, 2.75) is 26.9 Å². The molecule has 1 aromatic heterocycles. The van der Waals surface area contributed by atoms with Gasteiger partial charge in [0.15, 0.2) is 11.1 Å². The number of anilines is 1. The summed E-state index contributed by atoms with van der Waals surface area (Å²) < 4.78 is 0. The topological polar surface area (TPSA) is 52.6 Å². The van der Waals surface area contributed by atoms with E-state index in [1.54, 1.807) is 11.3 Å². The standard InChI is InChI=1S/C17H25N5S/c1-5-18-16(19-10-14-8-6-13(2)7-9-14)20-11-15-12-23-17(21-15)22(3)4/h6-9,12H,5,10-11H2,1-4H3,(H2,18,19,20). The number of rotatable bonds is 6. The maximum absolute atomic E-state index is 4.63. The first-order chi connectivity index (χ1) is 11.1. The zero-order valence-corrected chi connectivity index (χ0v) is 15.1. The molecular formula is C17H25N5S. The van der Waals surface area contributed by atoms with E-state index in [0.29, 0.717) is 13.1 Å². The molecule has 2 aromatic rings. The van der Waals surface area contributed by atoms with Gasteiger partial charge in [-0.3, -0.25) is 0 Å². The highest BCUT2D eigenvalue weighted by atomic mass is 32.1. The number of aryl methyl sites for hydroxylation is 1. The van der Waals surface area contributed by atoms with Crippen LogP contribution in [0, 0.1) is 6.92 Å². The predicted octanol–water partition coefficient (Wildman–Crippen LogP) is 2.77. The van der Waals surface area contributed by atoms with Crippen LogP contribution in [-0.2, 0) is 13.1 Å². The van der Waals surface area contributed by atoms with Crippen molar-refractivity contribution in [3.05, 3.63) is 46.5 Å². The number of hydrogen-bond donors (Lipinski definition) is 2. The van der Waals surface area contributed by atoms with Gasteiger partial charge in [-0.2, -0.15) is 0 Å². The summed E-state index contributed by atoms with van der Waals surface area (Å²) in [5.41, 5.74) is 3.50. The van der Waals surface area contributed by atoms with Gasteiger partial charge in [0.2, 0.25) is 0 Å². The third-order valence-corrected chi connectivity index (χ3v) is 4.30. The lowest BCUT2D eigenvalue weighted by molar-refractivity contribution is 0.803. The van der Waals surface area contributed by atoms with E-state index < -0.39 is 0 Å². The van der Waals surface area contributed by atoms with Crippen LogP contribution in [0.3, 0.4) is 0 Å². The van der Waals surface area contributed by atoms with Gasteiger partial charge in [0.25, 0.3) is 0 Å². The second kappa shape index (κ2) is 8.53. The van der Waals surface area contributed by atoms with Crippen LogP contribution in [0.2, 0.25) is 0 Å². The van der Waals surface area contributed by atoms with Crippen LogP contribution in [0.5, 0.6) is 0 Å². The molecule has 0 bridgehead atoms. The Morgan fingerprint density at radius 1 is 1.22 bits per heavy atom. The summed E-state index contributed by atoms with van der Waals surface area (Å²) in [7, 11) is 4.01. The van der Waals surface area contributed by atoms with Gasteiger partial charge in [-0.05, 0) is 19.4 Å². The Hall–Kier alpha value is -2.08. The van der Waals surface area contributed by atoms with Gasteiger partial charge in [-0.15, -0.1) is 11.3 Å². The Morgan fingerprint density at radius 2 is 1.96 bits per heavy atom. The number of hydrogen-bond acceptors (Lipinski definition) is 4. The molecule has 0 fully saturated rings. The van der Waals surface area contributed by atoms with E-state index in [1.165, 1.54) is 11.1 Å². The van der Waals surface area contributed by atoms with Gasteiger partial charge in [0, 0.05) is 26.0 Å². The molecular weight excluding hydrogens is 306 g/mol. The van der Waals surface area contributed by atoms with Crippen molar-refractivity contribution in [1.29, 1.82) is 0 Å². The zero-order chi connectivity index (χ0) is 16.7. The molecule has 0 spiro atoms. The van der Waals surface area contributed by atoms with Crippen LogP contribution in [0.15, 0.2) is 34.6 Å². The van der Waals surface area contributed by atoms with Crippen LogP contribution in [0.25, 0.3) is 0 Å². The molecule has 5 nitrogen and oxygen atoms in total.